The molecule has 0 spiro atoms. The van der Waals surface area contributed by atoms with Crippen molar-refractivity contribution in [2.45, 2.75) is 44.2 Å². The van der Waals surface area contributed by atoms with Gasteiger partial charge in [-0.3, -0.25) is 0 Å². The Bertz CT molecular complexity index is 708. The van der Waals surface area contributed by atoms with Gasteiger partial charge in [0.2, 0.25) is 0 Å². The Morgan fingerprint density at radius 2 is 1.96 bits per heavy atom. The molecule has 1 aliphatic heterocycles. The Labute approximate surface area is 158 Å². The van der Waals surface area contributed by atoms with Crippen LogP contribution in [0, 0.1) is 5.41 Å². The molecule has 1 saturated heterocycles. The number of rotatable bonds is 6. The molecule has 0 amide bonds. The molecule has 5 heteroatoms. The third-order valence-electron chi connectivity index (χ3n) is 4.35. The topological polar surface area (TPSA) is 42.3 Å². The molecular weight excluding hydrogens is 357 g/mol. The highest BCUT2D eigenvalue weighted by Gasteiger charge is 2.26. The summed E-state index contributed by atoms with van der Waals surface area (Å²) in [7, 11) is 0. The molecule has 3 unspecified atom stereocenters. The maximum absolute atomic E-state index is 7.43. The van der Waals surface area contributed by atoms with Gasteiger partial charge < -0.3 is 14.9 Å². The van der Waals surface area contributed by atoms with Crippen LogP contribution in [-0.2, 0) is 15.9 Å². The van der Waals surface area contributed by atoms with E-state index in [0.29, 0.717) is 16.5 Å². The maximum Gasteiger partial charge on any atom is 0.159 e. The molecule has 3 atom stereocenters. The van der Waals surface area contributed by atoms with Gasteiger partial charge in [-0.05, 0) is 42.5 Å². The van der Waals surface area contributed by atoms with Gasteiger partial charge in [-0.1, -0.05) is 59.6 Å². The molecule has 0 saturated carbocycles. The smallest absolute Gasteiger partial charge is 0.159 e. The molecular formula is C20H21Cl2NO2. The second-order valence-corrected chi connectivity index (χ2v) is 7.02. The lowest BCUT2D eigenvalue weighted by Crippen LogP contribution is -2.32. The van der Waals surface area contributed by atoms with Crippen molar-refractivity contribution in [3.63, 3.8) is 0 Å². The van der Waals surface area contributed by atoms with Crippen LogP contribution in [0.1, 0.15) is 36.5 Å². The van der Waals surface area contributed by atoms with Crippen molar-refractivity contribution < 1.29 is 9.47 Å². The standard InChI is InChI=1S/C20H21Cl2NO2/c21-16-10-9-15(18(22)12-16)11-19(14-5-2-1-3-6-14)25-20-8-4-7-17(13-23)24-20/h1-3,5-6,9-10,12-13,17,19-20,23H,4,7-8,11H2. The summed E-state index contributed by atoms with van der Waals surface area (Å²) in [6.07, 6.45) is 4.05. The maximum atomic E-state index is 7.43. The van der Waals surface area contributed by atoms with Crippen LogP contribution in [0.5, 0.6) is 0 Å². The summed E-state index contributed by atoms with van der Waals surface area (Å²) in [5.41, 5.74) is 2.06. The number of hydrogen-bond donors (Lipinski definition) is 1. The summed E-state index contributed by atoms with van der Waals surface area (Å²) < 4.78 is 12.1. The van der Waals surface area contributed by atoms with Crippen LogP contribution < -0.4 is 0 Å². The van der Waals surface area contributed by atoms with E-state index >= 15 is 0 Å². The molecule has 2 aromatic carbocycles. The van der Waals surface area contributed by atoms with Crippen molar-refractivity contribution in [2.75, 3.05) is 0 Å². The minimum absolute atomic E-state index is 0.158. The molecule has 2 aromatic rings. The van der Waals surface area contributed by atoms with Crippen LogP contribution in [0.4, 0.5) is 0 Å². The van der Waals surface area contributed by atoms with Crippen molar-refractivity contribution in [1.29, 1.82) is 5.41 Å². The predicted molar refractivity (Wildman–Crippen MR) is 102 cm³/mol. The second-order valence-electron chi connectivity index (χ2n) is 6.18. The van der Waals surface area contributed by atoms with Crippen LogP contribution in [0.2, 0.25) is 10.0 Å². The van der Waals surface area contributed by atoms with E-state index in [1.54, 1.807) is 6.07 Å². The molecule has 132 valence electrons. The van der Waals surface area contributed by atoms with E-state index in [-0.39, 0.29) is 18.5 Å². The number of benzene rings is 2. The summed E-state index contributed by atoms with van der Waals surface area (Å²) >= 11 is 12.3. The van der Waals surface area contributed by atoms with Crippen LogP contribution >= 0.6 is 23.2 Å². The normalized spacial score (nSPS) is 21.7. The molecule has 1 aliphatic rings. The predicted octanol–water partition coefficient (Wildman–Crippen LogP) is 5.84. The number of nitrogens with one attached hydrogen (secondary N) is 1. The molecule has 1 fully saturated rings. The van der Waals surface area contributed by atoms with E-state index in [1.807, 2.05) is 42.5 Å². The van der Waals surface area contributed by atoms with Gasteiger partial charge in [0.15, 0.2) is 6.29 Å². The number of ether oxygens (including phenoxy) is 2. The highest BCUT2D eigenvalue weighted by molar-refractivity contribution is 6.35. The molecule has 25 heavy (non-hydrogen) atoms. The fraction of sp³-hybridized carbons (Fsp3) is 0.350. The third kappa shape index (κ3) is 5.05. The van der Waals surface area contributed by atoms with E-state index in [4.69, 9.17) is 38.1 Å². The van der Waals surface area contributed by atoms with Crippen LogP contribution in [0.15, 0.2) is 48.5 Å². The zero-order valence-corrected chi connectivity index (χ0v) is 15.3. The zero-order valence-electron chi connectivity index (χ0n) is 13.8. The Balaban J connectivity index is 1.79. The number of halogens is 2. The van der Waals surface area contributed by atoms with Crippen molar-refractivity contribution in [3.8, 4) is 0 Å². The number of hydrogen-bond acceptors (Lipinski definition) is 3. The first-order valence-corrected chi connectivity index (χ1v) is 9.21. The van der Waals surface area contributed by atoms with Crippen molar-refractivity contribution in [3.05, 3.63) is 69.7 Å². The van der Waals surface area contributed by atoms with Gasteiger partial charge in [-0.15, -0.1) is 0 Å². The molecule has 0 bridgehead atoms. The second kappa shape index (κ2) is 8.81. The summed E-state index contributed by atoms with van der Waals surface area (Å²) in [6, 6.07) is 15.6. The van der Waals surface area contributed by atoms with Gasteiger partial charge in [0.25, 0.3) is 0 Å². The van der Waals surface area contributed by atoms with Crippen molar-refractivity contribution in [2.24, 2.45) is 0 Å². The van der Waals surface area contributed by atoms with Crippen molar-refractivity contribution >= 4 is 29.4 Å². The Morgan fingerprint density at radius 1 is 1.16 bits per heavy atom. The average Bonchev–Trinajstić information content (AvgIpc) is 2.64. The van der Waals surface area contributed by atoms with E-state index < -0.39 is 0 Å². The molecule has 0 aliphatic carbocycles. The largest absolute Gasteiger partial charge is 0.344 e. The molecule has 0 radical (unpaired) electrons. The van der Waals surface area contributed by atoms with Crippen LogP contribution in [0.25, 0.3) is 0 Å². The Kier molecular flexibility index (Phi) is 6.49. The SMILES string of the molecule is N=CC1CCCC(OC(Cc2ccc(Cl)cc2Cl)c2ccccc2)O1. The first-order chi connectivity index (χ1) is 12.2. The molecule has 1 N–H and O–H groups in total. The van der Waals surface area contributed by atoms with E-state index in [9.17, 15) is 0 Å². The summed E-state index contributed by atoms with van der Waals surface area (Å²) in [4.78, 5) is 0. The molecule has 3 rings (SSSR count). The summed E-state index contributed by atoms with van der Waals surface area (Å²) in [6.45, 7) is 0. The zero-order chi connectivity index (χ0) is 17.6. The lowest BCUT2D eigenvalue weighted by molar-refractivity contribution is -0.201. The minimum Gasteiger partial charge on any atom is -0.344 e. The van der Waals surface area contributed by atoms with Gasteiger partial charge in [0.1, 0.15) is 0 Å². The minimum atomic E-state index is -0.309. The van der Waals surface area contributed by atoms with Gasteiger partial charge in [-0.25, -0.2) is 0 Å². The van der Waals surface area contributed by atoms with E-state index in [2.05, 4.69) is 0 Å². The first-order valence-electron chi connectivity index (χ1n) is 8.46. The fourth-order valence-electron chi connectivity index (χ4n) is 3.02. The Hall–Kier alpha value is -1.39. The molecule has 3 nitrogen and oxygen atoms in total. The van der Waals surface area contributed by atoms with Gasteiger partial charge >= 0.3 is 0 Å². The van der Waals surface area contributed by atoms with E-state index in [0.717, 1.165) is 30.4 Å². The lowest BCUT2D eigenvalue weighted by atomic mass is 10.0. The highest BCUT2D eigenvalue weighted by atomic mass is 35.5. The lowest BCUT2D eigenvalue weighted by Gasteiger charge is -2.31. The summed E-state index contributed by atoms with van der Waals surface area (Å²) in [5.74, 6) is 0. The quantitative estimate of drug-likeness (QED) is 0.642. The van der Waals surface area contributed by atoms with Gasteiger partial charge in [0, 0.05) is 22.7 Å². The average molecular weight is 378 g/mol. The third-order valence-corrected chi connectivity index (χ3v) is 4.94. The van der Waals surface area contributed by atoms with Crippen molar-refractivity contribution in [1.82, 2.24) is 0 Å². The Morgan fingerprint density at radius 3 is 2.68 bits per heavy atom. The molecule has 0 aromatic heterocycles. The van der Waals surface area contributed by atoms with Crippen LogP contribution in [0.3, 0.4) is 0 Å². The van der Waals surface area contributed by atoms with E-state index in [1.165, 1.54) is 6.21 Å². The molecule has 1 heterocycles. The first kappa shape index (κ1) is 18.4. The highest BCUT2D eigenvalue weighted by Crippen LogP contribution is 2.31. The van der Waals surface area contributed by atoms with Crippen LogP contribution in [-0.4, -0.2) is 18.6 Å². The van der Waals surface area contributed by atoms with Gasteiger partial charge in [-0.2, -0.15) is 0 Å². The van der Waals surface area contributed by atoms with Gasteiger partial charge in [0.05, 0.1) is 12.2 Å². The fourth-order valence-corrected chi connectivity index (χ4v) is 3.51. The monoisotopic (exact) mass is 377 g/mol. The summed E-state index contributed by atoms with van der Waals surface area (Å²) in [5, 5.41) is 8.68.